The monoisotopic (exact) mass is 360 g/mol. The largest absolute Gasteiger partial charge is 0.309 e. The van der Waals surface area contributed by atoms with Gasteiger partial charge in [0.05, 0.1) is 12.4 Å². The Labute approximate surface area is 163 Å². The molecule has 0 aliphatic heterocycles. The van der Waals surface area contributed by atoms with Crippen LogP contribution in [0.2, 0.25) is 0 Å². The summed E-state index contributed by atoms with van der Waals surface area (Å²) in [5.74, 6) is 0. The molecule has 132 valence electrons. The SMILES string of the molecule is N#Cc1ncn([C@H](c2ccccc2)c2ccc(-c3ccccc3)cc2)c1C#N. The summed E-state index contributed by atoms with van der Waals surface area (Å²) in [7, 11) is 0. The lowest BCUT2D eigenvalue weighted by Crippen LogP contribution is -2.13. The van der Waals surface area contributed by atoms with Crippen LogP contribution in [0.4, 0.5) is 0 Å². The van der Waals surface area contributed by atoms with Crippen LogP contribution in [-0.2, 0) is 0 Å². The smallest absolute Gasteiger partial charge is 0.176 e. The molecule has 4 rings (SSSR count). The number of rotatable bonds is 4. The number of aromatic nitrogens is 2. The fourth-order valence-electron chi connectivity index (χ4n) is 3.39. The lowest BCUT2D eigenvalue weighted by atomic mass is 9.95. The summed E-state index contributed by atoms with van der Waals surface area (Å²) < 4.78 is 1.77. The van der Waals surface area contributed by atoms with E-state index in [4.69, 9.17) is 0 Å². The van der Waals surface area contributed by atoms with Crippen molar-refractivity contribution >= 4 is 0 Å². The summed E-state index contributed by atoms with van der Waals surface area (Å²) in [6.07, 6.45) is 1.57. The predicted octanol–water partition coefficient (Wildman–Crippen LogP) is 4.93. The summed E-state index contributed by atoms with van der Waals surface area (Å²) in [4.78, 5) is 4.12. The average molecular weight is 360 g/mol. The van der Waals surface area contributed by atoms with E-state index < -0.39 is 0 Å². The van der Waals surface area contributed by atoms with E-state index >= 15 is 0 Å². The molecule has 0 aliphatic carbocycles. The molecule has 0 fully saturated rings. The van der Waals surface area contributed by atoms with Gasteiger partial charge in [-0.2, -0.15) is 10.5 Å². The Morgan fingerprint density at radius 1 is 0.679 bits per heavy atom. The molecule has 0 radical (unpaired) electrons. The molecule has 0 aliphatic rings. The first-order valence-electron chi connectivity index (χ1n) is 8.89. The van der Waals surface area contributed by atoms with Crippen LogP contribution in [0.25, 0.3) is 11.1 Å². The van der Waals surface area contributed by atoms with E-state index in [-0.39, 0.29) is 17.4 Å². The number of benzene rings is 3. The van der Waals surface area contributed by atoms with Gasteiger partial charge < -0.3 is 4.57 Å². The van der Waals surface area contributed by atoms with Crippen LogP contribution in [-0.4, -0.2) is 9.55 Å². The zero-order chi connectivity index (χ0) is 19.3. The van der Waals surface area contributed by atoms with Crippen LogP contribution in [0, 0.1) is 22.7 Å². The third kappa shape index (κ3) is 3.16. The molecule has 1 heterocycles. The van der Waals surface area contributed by atoms with Crippen molar-refractivity contribution in [2.24, 2.45) is 0 Å². The van der Waals surface area contributed by atoms with Crippen molar-refractivity contribution in [2.75, 3.05) is 0 Å². The predicted molar refractivity (Wildman–Crippen MR) is 107 cm³/mol. The molecule has 3 aromatic carbocycles. The highest BCUT2D eigenvalue weighted by atomic mass is 15.1. The molecular formula is C24H16N4. The zero-order valence-corrected chi connectivity index (χ0v) is 15.0. The Morgan fingerprint density at radius 3 is 1.86 bits per heavy atom. The summed E-state index contributed by atoms with van der Waals surface area (Å²) in [5, 5.41) is 18.9. The Balaban J connectivity index is 1.83. The lowest BCUT2D eigenvalue weighted by molar-refractivity contribution is 0.669. The molecule has 0 N–H and O–H groups in total. The fourth-order valence-corrected chi connectivity index (χ4v) is 3.39. The van der Waals surface area contributed by atoms with E-state index in [1.165, 1.54) is 0 Å². The highest BCUT2D eigenvalue weighted by Crippen LogP contribution is 2.30. The maximum atomic E-state index is 9.59. The van der Waals surface area contributed by atoms with Gasteiger partial charge >= 0.3 is 0 Å². The average Bonchev–Trinajstić information content (AvgIpc) is 3.18. The van der Waals surface area contributed by atoms with Crippen molar-refractivity contribution < 1.29 is 0 Å². The third-order valence-corrected chi connectivity index (χ3v) is 4.73. The molecule has 4 heteroatoms. The molecule has 1 atom stereocenters. The van der Waals surface area contributed by atoms with Gasteiger partial charge in [-0.1, -0.05) is 84.9 Å². The van der Waals surface area contributed by atoms with Crippen LogP contribution in [0.15, 0.2) is 91.3 Å². The Morgan fingerprint density at radius 2 is 1.25 bits per heavy atom. The summed E-state index contributed by atoms with van der Waals surface area (Å²) >= 11 is 0. The van der Waals surface area contributed by atoms with Gasteiger partial charge in [-0.25, -0.2) is 4.98 Å². The molecule has 1 aromatic heterocycles. The number of imidazole rings is 1. The van der Waals surface area contributed by atoms with E-state index in [0.717, 1.165) is 22.3 Å². The molecular weight excluding hydrogens is 344 g/mol. The van der Waals surface area contributed by atoms with Crippen LogP contribution in [0.1, 0.15) is 28.6 Å². The highest BCUT2D eigenvalue weighted by Gasteiger charge is 2.21. The van der Waals surface area contributed by atoms with E-state index in [1.807, 2.05) is 54.6 Å². The van der Waals surface area contributed by atoms with Crippen molar-refractivity contribution in [3.8, 4) is 23.3 Å². The number of hydrogen-bond donors (Lipinski definition) is 0. The molecule has 0 bridgehead atoms. The molecule has 0 saturated carbocycles. The van der Waals surface area contributed by atoms with Crippen molar-refractivity contribution in [1.82, 2.24) is 9.55 Å². The quantitative estimate of drug-likeness (QED) is 0.518. The molecule has 28 heavy (non-hydrogen) atoms. The molecule has 4 aromatic rings. The van der Waals surface area contributed by atoms with E-state index in [9.17, 15) is 10.5 Å². The molecule has 0 unspecified atom stereocenters. The second kappa shape index (κ2) is 7.61. The maximum Gasteiger partial charge on any atom is 0.176 e. The lowest BCUT2D eigenvalue weighted by Gasteiger charge is -2.21. The summed E-state index contributed by atoms with van der Waals surface area (Å²) in [5.41, 5.74) is 4.72. The van der Waals surface area contributed by atoms with Gasteiger partial charge in [0.25, 0.3) is 0 Å². The number of nitrogens with zero attached hydrogens (tertiary/aromatic N) is 4. The van der Waals surface area contributed by atoms with Crippen LogP contribution in [0.5, 0.6) is 0 Å². The van der Waals surface area contributed by atoms with Crippen molar-refractivity contribution in [1.29, 1.82) is 10.5 Å². The van der Waals surface area contributed by atoms with Crippen LogP contribution in [0.3, 0.4) is 0 Å². The first-order chi connectivity index (χ1) is 13.8. The summed E-state index contributed by atoms with van der Waals surface area (Å²) in [6.45, 7) is 0. The minimum absolute atomic E-state index is 0.143. The molecule has 0 amide bonds. The van der Waals surface area contributed by atoms with Crippen molar-refractivity contribution in [3.63, 3.8) is 0 Å². The van der Waals surface area contributed by atoms with Crippen molar-refractivity contribution in [3.05, 3.63) is 114 Å². The van der Waals surface area contributed by atoms with Crippen LogP contribution >= 0.6 is 0 Å². The molecule has 0 saturated heterocycles. The summed E-state index contributed by atoms with van der Waals surface area (Å²) in [6, 6.07) is 32.3. The highest BCUT2D eigenvalue weighted by molar-refractivity contribution is 5.63. The Kier molecular flexibility index (Phi) is 4.70. The zero-order valence-electron chi connectivity index (χ0n) is 15.0. The normalized spacial score (nSPS) is 11.4. The standard InChI is InChI=1S/C24H16N4/c25-15-22-23(16-26)28(17-27-22)24(20-9-5-2-6-10-20)21-13-11-19(12-14-21)18-7-3-1-4-8-18/h1-14,17,24H/t24-/m1/s1. The van der Waals surface area contributed by atoms with Gasteiger partial charge in [-0.05, 0) is 22.3 Å². The minimum atomic E-state index is -0.240. The second-order valence-corrected chi connectivity index (χ2v) is 6.37. The topological polar surface area (TPSA) is 65.4 Å². The van der Waals surface area contributed by atoms with Gasteiger partial charge in [0.1, 0.15) is 12.1 Å². The molecule has 0 spiro atoms. The first kappa shape index (κ1) is 17.3. The Hall–Kier alpha value is -4.15. The first-order valence-corrected chi connectivity index (χ1v) is 8.89. The van der Waals surface area contributed by atoms with Gasteiger partial charge in [-0.15, -0.1) is 0 Å². The van der Waals surface area contributed by atoms with Gasteiger partial charge in [-0.3, -0.25) is 0 Å². The van der Waals surface area contributed by atoms with Crippen molar-refractivity contribution in [2.45, 2.75) is 6.04 Å². The van der Waals surface area contributed by atoms with Gasteiger partial charge in [0, 0.05) is 0 Å². The maximum absolute atomic E-state index is 9.59. The van der Waals surface area contributed by atoms with E-state index in [1.54, 1.807) is 10.9 Å². The van der Waals surface area contributed by atoms with Gasteiger partial charge in [0.15, 0.2) is 11.4 Å². The number of nitriles is 2. The minimum Gasteiger partial charge on any atom is -0.309 e. The van der Waals surface area contributed by atoms with Crippen LogP contribution < -0.4 is 0 Å². The van der Waals surface area contributed by atoms with E-state index in [2.05, 4.69) is 47.5 Å². The fraction of sp³-hybridized carbons (Fsp3) is 0.0417. The molecule has 4 nitrogen and oxygen atoms in total. The van der Waals surface area contributed by atoms with E-state index in [0.29, 0.717) is 0 Å². The van der Waals surface area contributed by atoms with Gasteiger partial charge in [0.2, 0.25) is 0 Å². The second-order valence-electron chi connectivity index (χ2n) is 6.37. The third-order valence-electron chi connectivity index (χ3n) is 4.73. The number of hydrogen-bond acceptors (Lipinski definition) is 3. The Bertz CT molecular complexity index is 1160.